The molecule has 0 bridgehead atoms. The van der Waals surface area contributed by atoms with E-state index in [1.807, 2.05) is 43.3 Å². The van der Waals surface area contributed by atoms with Crippen LogP contribution in [0.15, 0.2) is 48.5 Å². The molecule has 2 heteroatoms. The molecule has 0 saturated heterocycles. The van der Waals surface area contributed by atoms with E-state index < -0.39 is 0 Å². The van der Waals surface area contributed by atoms with Crippen molar-refractivity contribution >= 4 is 0 Å². The lowest BCUT2D eigenvalue weighted by atomic mass is 9.99. The number of benzene rings is 2. The molecule has 0 spiro atoms. The first kappa shape index (κ1) is 11.8. The minimum absolute atomic E-state index is 0.0871. The molecule has 2 N–H and O–H groups in total. The van der Waals surface area contributed by atoms with Gasteiger partial charge in [0, 0.05) is 11.6 Å². The van der Waals surface area contributed by atoms with Crippen molar-refractivity contribution in [3.8, 4) is 11.1 Å². The molecular weight excluding hydrogens is 213 g/mol. The second kappa shape index (κ2) is 5.11. The van der Waals surface area contributed by atoms with Gasteiger partial charge < -0.3 is 5.73 Å². The van der Waals surface area contributed by atoms with Gasteiger partial charge in [0.2, 0.25) is 0 Å². The highest BCUT2D eigenvalue weighted by Gasteiger charge is 2.06. The first-order chi connectivity index (χ1) is 8.16. The largest absolute Gasteiger partial charge is 0.328 e. The molecule has 2 rings (SSSR count). The van der Waals surface area contributed by atoms with Gasteiger partial charge in [0.1, 0.15) is 5.82 Å². The van der Waals surface area contributed by atoms with Crippen LogP contribution in [0, 0.1) is 5.82 Å². The van der Waals surface area contributed by atoms with Crippen LogP contribution in [0.5, 0.6) is 0 Å². The zero-order chi connectivity index (χ0) is 12.3. The minimum Gasteiger partial charge on any atom is -0.328 e. The van der Waals surface area contributed by atoms with Crippen LogP contribution < -0.4 is 5.73 Å². The smallest absolute Gasteiger partial charge is 0.131 e. The van der Waals surface area contributed by atoms with Crippen molar-refractivity contribution in [1.82, 2.24) is 0 Å². The number of hydrogen-bond acceptors (Lipinski definition) is 1. The van der Waals surface area contributed by atoms with Crippen LogP contribution in [0.3, 0.4) is 0 Å². The summed E-state index contributed by atoms with van der Waals surface area (Å²) in [5.74, 6) is -0.190. The predicted octanol–water partition coefficient (Wildman–Crippen LogP) is 3.38. The number of rotatable bonds is 3. The summed E-state index contributed by atoms with van der Waals surface area (Å²) in [6.45, 7) is 1.95. The molecule has 2 aromatic rings. The Hall–Kier alpha value is -1.67. The molecule has 0 aromatic heterocycles. The van der Waals surface area contributed by atoms with Crippen molar-refractivity contribution in [2.75, 3.05) is 0 Å². The molecule has 0 aliphatic heterocycles. The molecule has 0 heterocycles. The topological polar surface area (TPSA) is 26.0 Å². The van der Waals surface area contributed by atoms with Crippen LogP contribution in [0.2, 0.25) is 0 Å². The van der Waals surface area contributed by atoms with Crippen LogP contribution in [-0.2, 0) is 6.42 Å². The standard InChI is InChI=1S/C15H16FN/c1-11(17)9-12-7-8-15(16)14(10-12)13-5-3-2-4-6-13/h2-8,10-11H,9,17H2,1H3. The van der Waals surface area contributed by atoms with Gasteiger partial charge in [-0.15, -0.1) is 0 Å². The normalized spacial score (nSPS) is 12.4. The molecule has 0 aliphatic carbocycles. The Morgan fingerprint density at radius 3 is 2.47 bits per heavy atom. The van der Waals surface area contributed by atoms with E-state index in [4.69, 9.17) is 5.73 Å². The van der Waals surface area contributed by atoms with Crippen molar-refractivity contribution in [3.05, 3.63) is 59.9 Å². The second-order valence-electron chi connectivity index (χ2n) is 4.36. The van der Waals surface area contributed by atoms with Gasteiger partial charge in [-0.3, -0.25) is 0 Å². The fourth-order valence-corrected chi connectivity index (χ4v) is 1.91. The van der Waals surface area contributed by atoms with E-state index in [1.165, 1.54) is 6.07 Å². The molecule has 2 aromatic carbocycles. The number of halogens is 1. The third-order valence-corrected chi connectivity index (χ3v) is 2.67. The molecule has 0 radical (unpaired) electrons. The summed E-state index contributed by atoms with van der Waals surface area (Å²) in [5, 5.41) is 0. The molecule has 1 unspecified atom stereocenters. The van der Waals surface area contributed by atoms with Crippen molar-refractivity contribution in [3.63, 3.8) is 0 Å². The first-order valence-electron chi connectivity index (χ1n) is 5.76. The molecule has 1 nitrogen and oxygen atoms in total. The zero-order valence-corrected chi connectivity index (χ0v) is 9.86. The van der Waals surface area contributed by atoms with Gasteiger partial charge in [-0.05, 0) is 36.6 Å². The highest BCUT2D eigenvalue weighted by Crippen LogP contribution is 2.24. The number of nitrogens with two attached hydrogens (primary N) is 1. The Morgan fingerprint density at radius 1 is 1.12 bits per heavy atom. The highest BCUT2D eigenvalue weighted by atomic mass is 19.1. The van der Waals surface area contributed by atoms with Gasteiger partial charge in [-0.25, -0.2) is 4.39 Å². The van der Waals surface area contributed by atoms with E-state index in [-0.39, 0.29) is 11.9 Å². The van der Waals surface area contributed by atoms with Crippen LogP contribution in [0.4, 0.5) is 4.39 Å². The van der Waals surface area contributed by atoms with E-state index in [2.05, 4.69) is 0 Å². The summed E-state index contributed by atoms with van der Waals surface area (Å²) >= 11 is 0. The predicted molar refractivity (Wildman–Crippen MR) is 69.2 cm³/mol. The summed E-state index contributed by atoms with van der Waals surface area (Å²) in [6.07, 6.45) is 0.764. The maximum absolute atomic E-state index is 13.8. The zero-order valence-electron chi connectivity index (χ0n) is 9.86. The summed E-state index contributed by atoms with van der Waals surface area (Å²) in [5.41, 5.74) is 8.37. The van der Waals surface area contributed by atoms with Crippen molar-refractivity contribution in [2.45, 2.75) is 19.4 Å². The fourth-order valence-electron chi connectivity index (χ4n) is 1.91. The third-order valence-electron chi connectivity index (χ3n) is 2.67. The van der Waals surface area contributed by atoms with Gasteiger partial charge in [-0.1, -0.05) is 36.4 Å². The van der Waals surface area contributed by atoms with E-state index in [0.717, 1.165) is 17.5 Å². The van der Waals surface area contributed by atoms with Crippen molar-refractivity contribution < 1.29 is 4.39 Å². The van der Waals surface area contributed by atoms with Gasteiger partial charge in [0.25, 0.3) is 0 Å². The van der Waals surface area contributed by atoms with E-state index in [9.17, 15) is 4.39 Å². The quantitative estimate of drug-likeness (QED) is 0.857. The lowest BCUT2D eigenvalue weighted by Crippen LogP contribution is -2.17. The molecule has 17 heavy (non-hydrogen) atoms. The van der Waals surface area contributed by atoms with Gasteiger partial charge in [0.15, 0.2) is 0 Å². The lowest BCUT2D eigenvalue weighted by molar-refractivity contribution is 0.629. The first-order valence-corrected chi connectivity index (χ1v) is 5.76. The highest BCUT2D eigenvalue weighted by molar-refractivity contribution is 5.64. The summed E-state index contributed by atoms with van der Waals surface area (Å²) in [6, 6.07) is 14.8. The van der Waals surface area contributed by atoms with Crippen LogP contribution in [0.1, 0.15) is 12.5 Å². The molecular formula is C15H16FN. The molecule has 88 valence electrons. The number of hydrogen-bond donors (Lipinski definition) is 1. The average Bonchev–Trinajstić information content (AvgIpc) is 2.32. The Bertz CT molecular complexity index is 492. The van der Waals surface area contributed by atoms with Crippen LogP contribution in [0.25, 0.3) is 11.1 Å². The minimum atomic E-state index is -0.190. The maximum Gasteiger partial charge on any atom is 0.131 e. The lowest BCUT2D eigenvalue weighted by Gasteiger charge is -2.09. The molecule has 0 amide bonds. The third kappa shape index (κ3) is 2.92. The van der Waals surface area contributed by atoms with Gasteiger partial charge in [-0.2, -0.15) is 0 Å². The van der Waals surface area contributed by atoms with Gasteiger partial charge in [0.05, 0.1) is 0 Å². The monoisotopic (exact) mass is 229 g/mol. The van der Waals surface area contributed by atoms with E-state index >= 15 is 0 Å². The van der Waals surface area contributed by atoms with E-state index in [0.29, 0.717) is 5.56 Å². The Balaban J connectivity index is 2.40. The van der Waals surface area contributed by atoms with Crippen LogP contribution in [-0.4, -0.2) is 6.04 Å². The fraction of sp³-hybridized carbons (Fsp3) is 0.200. The Kier molecular flexibility index (Phi) is 3.55. The molecule has 0 saturated carbocycles. The summed E-state index contributed by atoms with van der Waals surface area (Å²) < 4.78 is 13.8. The van der Waals surface area contributed by atoms with Crippen molar-refractivity contribution in [1.29, 1.82) is 0 Å². The molecule has 1 atom stereocenters. The van der Waals surface area contributed by atoms with E-state index in [1.54, 1.807) is 6.07 Å². The summed E-state index contributed by atoms with van der Waals surface area (Å²) in [4.78, 5) is 0. The van der Waals surface area contributed by atoms with Gasteiger partial charge >= 0.3 is 0 Å². The van der Waals surface area contributed by atoms with Crippen LogP contribution >= 0.6 is 0 Å². The molecule has 0 fully saturated rings. The Morgan fingerprint density at radius 2 is 1.82 bits per heavy atom. The maximum atomic E-state index is 13.8. The SMILES string of the molecule is CC(N)Cc1ccc(F)c(-c2ccccc2)c1. The Labute approximate surface area is 101 Å². The summed E-state index contributed by atoms with van der Waals surface area (Å²) in [7, 11) is 0. The second-order valence-corrected chi connectivity index (χ2v) is 4.36. The van der Waals surface area contributed by atoms with Crippen molar-refractivity contribution in [2.24, 2.45) is 5.73 Å². The average molecular weight is 229 g/mol. The molecule has 0 aliphatic rings.